The number of rotatable bonds is 13. The third-order valence-corrected chi connectivity index (χ3v) is 14.3. The maximum atomic E-state index is 12.7. The molecule has 50 heavy (non-hydrogen) atoms. The number of carbonyl (C=O) groups is 2. The molecule has 1 aromatic carbocycles. The summed E-state index contributed by atoms with van der Waals surface area (Å²) in [4.78, 5) is 29.6. The first kappa shape index (κ1) is 37.1. The Morgan fingerprint density at radius 2 is 1.70 bits per heavy atom. The molecule has 1 unspecified atom stereocenters. The topological polar surface area (TPSA) is 116 Å². The average Bonchev–Trinajstić information content (AvgIpc) is 3.44. The van der Waals surface area contributed by atoms with Gasteiger partial charge in [0.1, 0.15) is 12.2 Å². The van der Waals surface area contributed by atoms with E-state index in [1.807, 2.05) is 12.3 Å². The van der Waals surface area contributed by atoms with Crippen molar-refractivity contribution in [3.63, 3.8) is 0 Å². The highest BCUT2D eigenvalue weighted by atomic mass is 16.5. The van der Waals surface area contributed by atoms with Crippen LogP contribution in [0.25, 0.3) is 10.9 Å². The van der Waals surface area contributed by atoms with Crippen LogP contribution < -0.4 is 16.4 Å². The molecule has 0 aliphatic heterocycles. The monoisotopic (exact) mass is 688 g/mol. The molecule has 0 amide bonds. The van der Waals surface area contributed by atoms with Crippen molar-refractivity contribution in [2.24, 2.45) is 52.1 Å². The molecule has 12 atom stereocenters. The lowest BCUT2D eigenvalue weighted by Crippen LogP contribution is -2.63. The molecule has 8 nitrogen and oxygen atoms in total. The molecule has 1 aromatic heterocycles. The molecule has 0 bridgehead atoms. The second kappa shape index (κ2) is 15.5. The molecule has 6 rings (SSSR count). The number of carbonyl (C=O) groups excluding carboxylic acids is 2. The number of benzene rings is 1. The summed E-state index contributed by atoms with van der Waals surface area (Å²) < 4.78 is 12.6. The first-order chi connectivity index (χ1) is 23.9. The van der Waals surface area contributed by atoms with Gasteiger partial charge in [-0.2, -0.15) is 0 Å². The molecule has 4 N–H and O–H groups in total. The molecule has 4 aliphatic rings. The minimum Gasteiger partial charge on any atom is -0.462 e. The van der Waals surface area contributed by atoms with Gasteiger partial charge in [-0.05, 0) is 131 Å². The second-order valence-electron chi connectivity index (χ2n) is 17.2. The van der Waals surface area contributed by atoms with Crippen LogP contribution >= 0.6 is 0 Å². The van der Waals surface area contributed by atoms with Gasteiger partial charge in [0, 0.05) is 61.1 Å². The van der Waals surface area contributed by atoms with Crippen LogP contribution in [0.4, 0.5) is 5.69 Å². The largest absolute Gasteiger partial charge is 0.462 e. The number of esters is 2. The maximum absolute atomic E-state index is 12.7. The fraction of sp³-hybridized carbons (Fsp3) is 0.738. The van der Waals surface area contributed by atoms with Gasteiger partial charge >= 0.3 is 11.9 Å². The molecule has 4 aliphatic carbocycles. The zero-order chi connectivity index (χ0) is 35.6. The van der Waals surface area contributed by atoms with Crippen molar-refractivity contribution in [3.05, 3.63) is 36.5 Å². The summed E-state index contributed by atoms with van der Waals surface area (Å²) >= 11 is 0. The van der Waals surface area contributed by atoms with Crippen LogP contribution in [0.15, 0.2) is 36.5 Å². The molecule has 1 heterocycles. The molecular weight excluding hydrogens is 624 g/mol. The number of aromatic nitrogens is 1. The SMILES string of the molecule is CC(=O)O[C@H]1C[C@H]2[C@@H]([C@H](OC(C)=O)C[C@@H]3C[C@H](N)CC[C@@]32C)[C@@H]2CC[C@H]([C@H](C)CCCNC(C)CCCNc3ccnc4ccccc34)[C@@]12C. The number of nitrogens with zero attached hydrogens (tertiary/aromatic N) is 1. The highest BCUT2D eigenvalue weighted by molar-refractivity contribution is 5.90. The van der Waals surface area contributed by atoms with E-state index in [2.05, 4.69) is 67.6 Å². The predicted molar refractivity (Wildman–Crippen MR) is 200 cm³/mol. The van der Waals surface area contributed by atoms with Gasteiger partial charge in [-0.15, -0.1) is 0 Å². The number of fused-ring (bicyclic) bond motifs is 6. The van der Waals surface area contributed by atoms with Crippen LogP contribution in [0.3, 0.4) is 0 Å². The molecule has 0 saturated heterocycles. The van der Waals surface area contributed by atoms with E-state index in [1.165, 1.54) is 5.39 Å². The quantitative estimate of drug-likeness (QED) is 0.144. The Bertz CT molecular complexity index is 1480. The average molecular weight is 689 g/mol. The number of ether oxygens (including phenoxy) is 2. The van der Waals surface area contributed by atoms with Gasteiger partial charge in [0.15, 0.2) is 0 Å². The molecule has 4 fully saturated rings. The first-order valence-electron chi connectivity index (χ1n) is 19.8. The summed E-state index contributed by atoms with van der Waals surface area (Å²) in [6.45, 7) is 14.7. The van der Waals surface area contributed by atoms with Crippen LogP contribution in [0.1, 0.15) is 112 Å². The van der Waals surface area contributed by atoms with Gasteiger partial charge in [-0.1, -0.05) is 39.0 Å². The van der Waals surface area contributed by atoms with E-state index < -0.39 is 0 Å². The summed E-state index contributed by atoms with van der Waals surface area (Å²) in [6.07, 6.45) is 13.4. The normalized spacial score (nSPS) is 36.1. The lowest BCUT2D eigenvalue weighted by atomic mass is 9.43. The van der Waals surface area contributed by atoms with Crippen LogP contribution in [-0.2, 0) is 19.1 Å². The van der Waals surface area contributed by atoms with Gasteiger partial charge < -0.3 is 25.8 Å². The number of hydrogen-bond acceptors (Lipinski definition) is 8. The zero-order valence-corrected chi connectivity index (χ0v) is 31.6. The van der Waals surface area contributed by atoms with E-state index in [4.69, 9.17) is 15.2 Å². The number of para-hydroxylation sites is 1. The van der Waals surface area contributed by atoms with Crippen molar-refractivity contribution in [2.75, 3.05) is 18.4 Å². The summed E-state index contributed by atoms with van der Waals surface area (Å²) in [7, 11) is 0. The third kappa shape index (κ3) is 7.44. The highest BCUT2D eigenvalue weighted by Gasteiger charge is 2.67. The first-order valence-corrected chi connectivity index (χ1v) is 19.8. The smallest absolute Gasteiger partial charge is 0.302 e. The highest BCUT2D eigenvalue weighted by Crippen LogP contribution is 2.69. The number of pyridine rings is 1. The summed E-state index contributed by atoms with van der Waals surface area (Å²) in [5.41, 5.74) is 8.69. The van der Waals surface area contributed by atoms with Gasteiger partial charge in [0.2, 0.25) is 0 Å². The molecule has 0 spiro atoms. The van der Waals surface area contributed by atoms with Gasteiger partial charge in [-0.3, -0.25) is 14.6 Å². The van der Waals surface area contributed by atoms with Crippen LogP contribution in [0.5, 0.6) is 0 Å². The van der Waals surface area contributed by atoms with Gasteiger partial charge in [0.05, 0.1) is 5.52 Å². The molecule has 2 aromatic rings. The lowest BCUT2D eigenvalue weighted by Gasteiger charge is -2.64. The van der Waals surface area contributed by atoms with E-state index in [-0.39, 0.29) is 41.0 Å². The van der Waals surface area contributed by atoms with Crippen molar-refractivity contribution in [3.8, 4) is 0 Å². The third-order valence-electron chi connectivity index (χ3n) is 14.3. The van der Waals surface area contributed by atoms with Gasteiger partial charge in [-0.25, -0.2) is 0 Å². The summed E-state index contributed by atoms with van der Waals surface area (Å²) in [6, 6.07) is 11.0. The lowest BCUT2D eigenvalue weighted by molar-refractivity contribution is -0.220. The minimum absolute atomic E-state index is 0.0810. The summed E-state index contributed by atoms with van der Waals surface area (Å²) in [5.74, 6) is 2.10. The van der Waals surface area contributed by atoms with Crippen molar-refractivity contribution < 1.29 is 19.1 Å². The number of nitrogens with one attached hydrogen (secondary N) is 2. The molecule has 276 valence electrons. The van der Waals surface area contributed by atoms with E-state index in [0.717, 1.165) is 94.9 Å². The molecular formula is C42H64N4O4. The van der Waals surface area contributed by atoms with Crippen LogP contribution in [0.2, 0.25) is 0 Å². The number of anilines is 1. The summed E-state index contributed by atoms with van der Waals surface area (Å²) in [5, 5.41) is 8.58. The van der Waals surface area contributed by atoms with Crippen LogP contribution in [-0.4, -0.2) is 54.3 Å². The minimum atomic E-state index is -0.176. The molecule has 8 heteroatoms. The number of hydrogen-bond donors (Lipinski definition) is 3. The Kier molecular flexibility index (Phi) is 11.5. The van der Waals surface area contributed by atoms with Crippen molar-refractivity contribution in [1.82, 2.24) is 10.3 Å². The van der Waals surface area contributed by atoms with Crippen LogP contribution in [0, 0.1) is 46.3 Å². The van der Waals surface area contributed by atoms with Crippen molar-refractivity contribution in [1.29, 1.82) is 0 Å². The van der Waals surface area contributed by atoms with Crippen molar-refractivity contribution >= 4 is 28.5 Å². The Labute approximate surface area is 300 Å². The van der Waals surface area contributed by atoms with E-state index in [0.29, 0.717) is 41.5 Å². The predicted octanol–water partition coefficient (Wildman–Crippen LogP) is 7.89. The molecule has 0 radical (unpaired) electrons. The fourth-order valence-electron chi connectivity index (χ4n) is 11.8. The Hall–Kier alpha value is -2.71. The van der Waals surface area contributed by atoms with E-state index >= 15 is 0 Å². The molecule has 4 saturated carbocycles. The van der Waals surface area contributed by atoms with Crippen molar-refractivity contribution in [2.45, 2.75) is 136 Å². The Balaban J connectivity index is 1.05. The fourth-order valence-corrected chi connectivity index (χ4v) is 11.8. The van der Waals surface area contributed by atoms with E-state index in [9.17, 15) is 9.59 Å². The Morgan fingerprint density at radius 3 is 2.48 bits per heavy atom. The number of nitrogens with two attached hydrogens (primary N) is 1. The Morgan fingerprint density at radius 1 is 0.940 bits per heavy atom. The zero-order valence-electron chi connectivity index (χ0n) is 31.6. The standard InChI is InChI=1S/C42H64N4O4/c1-26(11-9-20-44-27(2)12-10-21-45-37-18-22-46-36-14-8-7-13-32(36)37)33-15-16-34-40-35(25-39(42(33,34)6)50-29(4)48)41(5)19-17-31(43)23-30(41)24-38(40)49-28(3)47/h7-8,13-14,18,22,26-27,30-31,33-35,38-40,44H,9-12,15-17,19-21,23-25,43H2,1-6H3,(H,45,46)/t26-,27?,30+,31-,33-,34+,35+,38-,39+,40+,41+,42-/m1/s1. The second-order valence-corrected chi connectivity index (χ2v) is 17.2. The maximum Gasteiger partial charge on any atom is 0.302 e. The van der Waals surface area contributed by atoms with E-state index in [1.54, 1.807) is 13.8 Å². The van der Waals surface area contributed by atoms with Gasteiger partial charge in [0.25, 0.3) is 0 Å².